The Labute approximate surface area is 241 Å². The van der Waals surface area contributed by atoms with Gasteiger partial charge in [0, 0.05) is 49.1 Å². The minimum atomic E-state index is -1.30. The molecule has 2 aromatic carbocycles. The summed E-state index contributed by atoms with van der Waals surface area (Å²) in [6.07, 6.45) is 0.844. The normalized spacial score (nSPS) is 14.1. The number of rotatable bonds is 6. The van der Waals surface area contributed by atoms with Crippen LogP contribution < -0.4 is 15.8 Å². The molecule has 3 aromatic rings. The molecule has 204 valence electrons. The zero-order chi connectivity index (χ0) is 28.8. The number of piperazine rings is 1. The number of anilines is 2. The van der Waals surface area contributed by atoms with E-state index in [1.54, 1.807) is 29.2 Å². The van der Waals surface area contributed by atoms with Crippen LogP contribution in [0.5, 0.6) is 5.75 Å². The van der Waals surface area contributed by atoms with Crippen LogP contribution in [-0.2, 0) is 4.65 Å². The van der Waals surface area contributed by atoms with Crippen LogP contribution in [0.4, 0.5) is 15.9 Å². The predicted octanol–water partition coefficient (Wildman–Crippen LogP) is 3.33. The van der Waals surface area contributed by atoms with Gasteiger partial charge in [-0.05, 0) is 49.4 Å². The summed E-state index contributed by atoms with van der Waals surface area (Å²) in [6, 6.07) is 10.1. The van der Waals surface area contributed by atoms with Crippen LogP contribution in [-0.4, -0.2) is 73.1 Å². The minimum absolute atomic E-state index is 0.0127. The Morgan fingerprint density at radius 1 is 1.12 bits per heavy atom. The number of nitrogen functional groups attached to an aromatic ring is 1. The highest BCUT2D eigenvalue weighted by Crippen LogP contribution is 2.36. The van der Waals surface area contributed by atoms with E-state index in [4.69, 9.17) is 41.7 Å². The molecular formula is C26H22BCl2FN6O4. The van der Waals surface area contributed by atoms with Crippen molar-refractivity contribution in [2.45, 2.75) is 6.10 Å². The molecule has 3 N–H and O–H groups in total. The number of carbonyl (C=O) groups excluding carboxylic acids is 2. The van der Waals surface area contributed by atoms with Gasteiger partial charge in [-0.3, -0.25) is 9.59 Å². The molecule has 0 unspecified atom stereocenters. The molecule has 0 spiro atoms. The van der Waals surface area contributed by atoms with Crippen molar-refractivity contribution >= 4 is 54.6 Å². The van der Waals surface area contributed by atoms with Crippen LogP contribution in [0.25, 0.3) is 0 Å². The van der Waals surface area contributed by atoms with Gasteiger partial charge in [0.2, 0.25) is 0 Å². The fraction of sp³-hybridized carbons (Fsp3) is 0.231. The summed E-state index contributed by atoms with van der Waals surface area (Å²) in [7, 11) is 7.01. The van der Waals surface area contributed by atoms with Gasteiger partial charge in [0.05, 0.1) is 16.2 Å². The summed E-state index contributed by atoms with van der Waals surface area (Å²) in [6.45, 7) is 2.92. The Morgan fingerprint density at radius 2 is 1.82 bits per heavy atom. The number of likely N-dealkylation sites (N-methyl/N-ethyl adjacent to an activating group) is 1. The quantitative estimate of drug-likeness (QED) is 0.258. The first-order valence-corrected chi connectivity index (χ1v) is 12.6. The Morgan fingerprint density at radius 3 is 2.50 bits per heavy atom. The Kier molecular flexibility index (Phi) is 9.32. The van der Waals surface area contributed by atoms with E-state index in [9.17, 15) is 14.0 Å². The number of ether oxygens (including phenoxy) is 1. The van der Waals surface area contributed by atoms with Gasteiger partial charge in [0.25, 0.3) is 11.8 Å². The molecule has 10 nitrogen and oxygen atoms in total. The molecule has 2 heterocycles. The van der Waals surface area contributed by atoms with Gasteiger partial charge in [-0.15, -0.1) is 10.2 Å². The molecule has 0 aliphatic carbocycles. The van der Waals surface area contributed by atoms with Crippen LogP contribution in [0.15, 0.2) is 42.5 Å². The second-order valence-corrected chi connectivity index (χ2v) is 9.51. The molecule has 2 amide bonds. The average molecular weight is 583 g/mol. The second-order valence-electron chi connectivity index (χ2n) is 8.73. The third-order valence-electron chi connectivity index (χ3n) is 6.03. The number of nitrogens with zero attached hydrogens (tertiary/aromatic N) is 4. The van der Waals surface area contributed by atoms with Gasteiger partial charge in [0.15, 0.2) is 23.4 Å². The Balaban J connectivity index is 1.50. The lowest BCUT2D eigenvalue weighted by atomic mass is 10.1. The van der Waals surface area contributed by atoms with Crippen molar-refractivity contribution in [1.82, 2.24) is 20.0 Å². The monoisotopic (exact) mass is 582 g/mol. The fourth-order valence-corrected chi connectivity index (χ4v) is 4.40. The number of nitrogens with two attached hydrogens (primary N) is 1. The molecule has 0 bridgehead atoms. The minimum Gasteiger partial charge on any atom is -0.527 e. The molecule has 40 heavy (non-hydrogen) atoms. The first kappa shape index (κ1) is 29.0. The molecule has 1 atom stereocenters. The summed E-state index contributed by atoms with van der Waals surface area (Å²) in [5.41, 5.74) is 6.67. The van der Waals surface area contributed by atoms with Gasteiger partial charge < -0.3 is 30.2 Å². The molecule has 14 heteroatoms. The van der Waals surface area contributed by atoms with Crippen LogP contribution >= 0.6 is 23.2 Å². The van der Waals surface area contributed by atoms with Gasteiger partial charge in [-0.2, -0.15) is 0 Å². The number of carbonyl (C=O) groups is 2. The average Bonchev–Trinajstić information content (AvgIpc) is 2.95. The zero-order valence-electron chi connectivity index (χ0n) is 21.2. The highest BCUT2D eigenvalue weighted by molar-refractivity contribution is 6.36. The number of benzene rings is 2. The number of nitrogens with one attached hydrogen (secondary N) is 1. The van der Waals surface area contributed by atoms with E-state index in [0.717, 1.165) is 19.2 Å². The van der Waals surface area contributed by atoms with Gasteiger partial charge in [0.1, 0.15) is 5.82 Å². The predicted molar refractivity (Wildman–Crippen MR) is 149 cm³/mol. The number of hydrogen-bond acceptors (Lipinski definition) is 8. The Hall–Kier alpha value is -4.05. The number of halogens is 3. The van der Waals surface area contributed by atoms with Crippen LogP contribution in [0.2, 0.25) is 10.0 Å². The Bertz CT molecular complexity index is 1480. The van der Waals surface area contributed by atoms with E-state index in [1.165, 1.54) is 12.1 Å². The summed E-state index contributed by atoms with van der Waals surface area (Å²) >= 11 is 12.3. The lowest BCUT2D eigenvalue weighted by molar-refractivity contribution is 0.0664. The molecule has 4 rings (SSSR count). The number of aromatic nitrogens is 2. The smallest absolute Gasteiger partial charge is 0.392 e. The molecule has 1 fully saturated rings. The van der Waals surface area contributed by atoms with Crippen LogP contribution in [0.1, 0.15) is 32.5 Å². The van der Waals surface area contributed by atoms with Crippen molar-refractivity contribution in [3.63, 3.8) is 0 Å². The van der Waals surface area contributed by atoms with Crippen LogP contribution in [0.3, 0.4) is 0 Å². The van der Waals surface area contributed by atoms with Crippen molar-refractivity contribution < 1.29 is 23.4 Å². The molecular weight excluding hydrogens is 561 g/mol. The lowest BCUT2D eigenvalue weighted by Crippen LogP contribution is -2.47. The summed E-state index contributed by atoms with van der Waals surface area (Å²) < 4.78 is 24.2. The van der Waals surface area contributed by atoms with Crippen molar-refractivity contribution in [3.8, 4) is 17.8 Å². The summed E-state index contributed by atoms with van der Waals surface area (Å²) in [5.74, 6) is 0.737. The third kappa shape index (κ3) is 6.74. The van der Waals surface area contributed by atoms with Crippen molar-refractivity contribution in [3.05, 3.63) is 75.1 Å². The largest absolute Gasteiger partial charge is 0.527 e. The molecule has 1 aromatic heterocycles. The standard InChI is InChI=1S/C26H22BCl2FN6O4/c1-35-9-11-36(12-10-35)26(38)15-2-4-16(5-3-15)32-25(37)19-14-21(24(31)34-33-19)40-20(8-13-39-27)22-17(28)6-7-18(30)23(22)29/h2-7,14,20H,9-12H2,1H3,(H2,31,34)(H,32,37)/t20-/m1/s1. The molecule has 1 aliphatic heterocycles. The first-order chi connectivity index (χ1) is 19.2. The lowest BCUT2D eigenvalue weighted by Gasteiger charge is -2.32. The first-order valence-electron chi connectivity index (χ1n) is 11.9. The fourth-order valence-electron chi connectivity index (χ4n) is 3.83. The number of amides is 2. The van der Waals surface area contributed by atoms with Crippen LogP contribution in [0, 0.1) is 17.8 Å². The molecule has 2 radical (unpaired) electrons. The summed E-state index contributed by atoms with van der Waals surface area (Å²) in [5, 5.41) is 9.98. The van der Waals surface area contributed by atoms with Crippen molar-refractivity contribution in [1.29, 1.82) is 0 Å². The van der Waals surface area contributed by atoms with Crippen molar-refractivity contribution in [2.24, 2.45) is 0 Å². The van der Waals surface area contributed by atoms with E-state index in [0.29, 0.717) is 24.3 Å². The molecule has 1 saturated heterocycles. The number of hydrogen-bond donors (Lipinski definition) is 2. The summed E-state index contributed by atoms with van der Waals surface area (Å²) in [4.78, 5) is 29.6. The SMILES string of the molecule is [B]OC#C[C@@H](Oc1cc(C(=O)Nc2ccc(C(=O)N3CCN(C)CC3)cc2)nnc1N)c1c(Cl)ccc(F)c1Cl. The van der Waals surface area contributed by atoms with E-state index in [2.05, 4.69) is 37.1 Å². The highest BCUT2D eigenvalue weighted by Gasteiger charge is 2.24. The van der Waals surface area contributed by atoms with E-state index in [1.807, 2.05) is 7.05 Å². The van der Waals surface area contributed by atoms with E-state index in [-0.39, 0.29) is 38.8 Å². The highest BCUT2D eigenvalue weighted by atomic mass is 35.5. The van der Waals surface area contributed by atoms with Gasteiger partial charge in [-0.1, -0.05) is 23.2 Å². The van der Waals surface area contributed by atoms with E-state index >= 15 is 0 Å². The molecule has 0 saturated carbocycles. The third-order valence-corrected chi connectivity index (χ3v) is 6.75. The zero-order valence-corrected chi connectivity index (χ0v) is 22.7. The van der Waals surface area contributed by atoms with Gasteiger partial charge in [-0.25, -0.2) is 4.39 Å². The maximum absolute atomic E-state index is 14.1. The maximum Gasteiger partial charge on any atom is 0.392 e. The topological polar surface area (TPSA) is 123 Å². The second kappa shape index (κ2) is 12.9. The van der Waals surface area contributed by atoms with Gasteiger partial charge >= 0.3 is 8.05 Å². The van der Waals surface area contributed by atoms with Crippen molar-refractivity contribution in [2.75, 3.05) is 44.3 Å². The van der Waals surface area contributed by atoms with E-state index < -0.39 is 17.8 Å². The molecule has 1 aliphatic rings. The maximum atomic E-state index is 14.1.